The molecule has 0 spiro atoms. The van der Waals surface area contributed by atoms with E-state index in [0.29, 0.717) is 19.4 Å². The summed E-state index contributed by atoms with van der Waals surface area (Å²) in [4.78, 5) is 52.6. The van der Waals surface area contributed by atoms with Gasteiger partial charge in [0.15, 0.2) is 0 Å². The SMILES string of the molecule is CC(NC(=O)C(CCCCN)NC(=O)C(Cc1c[nH]c2ccccc12)NC(=O)C(N)CO)C(=O)O. The molecular weight excluding hydrogens is 456 g/mol. The molecule has 4 atom stereocenters. The van der Waals surface area contributed by atoms with Gasteiger partial charge in [-0.1, -0.05) is 18.2 Å². The molecule has 3 amide bonds. The minimum Gasteiger partial charge on any atom is -0.480 e. The van der Waals surface area contributed by atoms with Gasteiger partial charge in [0.25, 0.3) is 0 Å². The van der Waals surface area contributed by atoms with Crippen molar-refractivity contribution in [1.82, 2.24) is 20.9 Å². The largest absolute Gasteiger partial charge is 0.480 e. The van der Waals surface area contributed by atoms with Gasteiger partial charge in [-0.15, -0.1) is 0 Å². The minimum absolute atomic E-state index is 0.0857. The van der Waals surface area contributed by atoms with E-state index in [1.807, 2.05) is 24.3 Å². The van der Waals surface area contributed by atoms with Crippen LogP contribution in [-0.2, 0) is 25.6 Å². The smallest absolute Gasteiger partial charge is 0.325 e. The minimum atomic E-state index is -1.23. The van der Waals surface area contributed by atoms with E-state index in [2.05, 4.69) is 20.9 Å². The van der Waals surface area contributed by atoms with Gasteiger partial charge in [0.05, 0.1) is 6.61 Å². The van der Waals surface area contributed by atoms with Crippen LogP contribution in [0.1, 0.15) is 31.7 Å². The van der Waals surface area contributed by atoms with Gasteiger partial charge in [0.2, 0.25) is 17.7 Å². The van der Waals surface area contributed by atoms with Crippen molar-refractivity contribution >= 4 is 34.6 Å². The molecule has 2 aromatic rings. The number of nitrogens with one attached hydrogen (secondary N) is 4. The molecule has 0 fully saturated rings. The highest BCUT2D eigenvalue weighted by atomic mass is 16.4. The van der Waals surface area contributed by atoms with E-state index in [1.165, 1.54) is 6.92 Å². The van der Waals surface area contributed by atoms with E-state index in [4.69, 9.17) is 16.6 Å². The molecule has 0 aliphatic carbocycles. The molecule has 192 valence electrons. The number of aliphatic hydroxyl groups is 1. The number of carboxylic acids is 1. The molecule has 0 aliphatic rings. The molecule has 12 heteroatoms. The number of carbonyl (C=O) groups is 4. The van der Waals surface area contributed by atoms with Crippen LogP contribution in [0.25, 0.3) is 10.9 Å². The van der Waals surface area contributed by atoms with Crippen molar-refractivity contribution in [1.29, 1.82) is 0 Å². The van der Waals surface area contributed by atoms with E-state index < -0.39 is 54.5 Å². The normalized spacial score (nSPS) is 14.5. The fourth-order valence-electron chi connectivity index (χ4n) is 3.50. The zero-order valence-corrected chi connectivity index (χ0v) is 19.6. The lowest BCUT2D eigenvalue weighted by Crippen LogP contribution is -2.57. The Morgan fingerprint density at radius 2 is 1.66 bits per heavy atom. The topological polar surface area (TPSA) is 213 Å². The zero-order chi connectivity index (χ0) is 26.0. The van der Waals surface area contributed by atoms with Crippen LogP contribution in [0.15, 0.2) is 30.5 Å². The van der Waals surface area contributed by atoms with Crippen LogP contribution < -0.4 is 27.4 Å². The summed E-state index contributed by atoms with van der Waals surface area (Å²) in [5.74, 6) is -3.25. The van der Waals surface area contributed by atoms with E-state index >= 15 is 0 Å². The molecule has 0 bridgehead atoms. The van der Waals surface area contributed by atoms with Gasteiger partial charge in [-0.05, 0) is 44.4 Å². The molecular formula is C23H34N6O6. The highest BCUT2D eigenvalue weighted by Crippen LogP contribution is 2.19. The molecule has 35 heavy (non-hydrogen) atoms. The number of aromatic nitrogens is 1. The maximum atomic E-state index is 13.3. The van der Waals surface area contributed by atoms with E-state index in [1.54, 1.807) is 6.20 Å². The number of aromatic amines is 1. The Hall–Kier alpha value is -3.48. The Kier molecular flexibility index (Phi) is 10.6. The quantitative estimate of drug-likeness (QED) is 0.149. The van der Waals surface area contributed by atoms with E-state index in [9.17, 15) is 24.3 Å². The van der Waals surface area contributed by atoms with E-state index in [-0.39, 0.29) is 12.8 Å². The lowest BCUT2D eigenvalue weighted by atomic mass is 10.0. The maximum Gasteiger partial charge on any atom is 0.325 e. The number of benzene rings is 1. The Morgan fingerprint density at radius 3 is 2.31 bits per heavy atom. The number of carboxylic acid groups (broad SMARTS) is 1. The number of unbranched alkanes of at least 4 members (excludes halogenated alkanes) is 1. The molecule has 1 heterocycles. The summed E-state index contributed by atoms with van der Waals surface area (Å²) < 4.78 is 0. The summed E-state index contributed by atoms with van der Waals surface area (Å²) in [5, 5.41) is 26.7. The average molecular weight is 491 g/mol. The first-order valence-electron chi connectivity index (χ1n) is 11.4. The van der Waals surface area contributed by atoms with Gasteiger partial charge in [-0.25, -0.2) is 0 Å². The first kappa shape index (κ1) is 27.8. The fourth-order valence-corrected chi connectivity index (χ4v) is 3.50. The Morgan fingerprint density at radius 1 is 1.00 bits per heavy atom. The first-order chi connectivity index (χ1) is 16.7. The summed E-state index contributed by atoms with van der Waals surface area (Å²) in [5.41, 5.74) is 12.7. The van der Waals surface area contributed by atoms with Crippen molar-refractivity contribution in [3.63, 3.8) is 0 Å². The third-order valence-corrected chi connectivity index (χ3v) is 5.57. The number of aliphatic hydroxyl groups excluding tert-OH is 1. The fraction of sp³-hybridized carbons (Fsp3) is 0.478. The van der Waals surface area contributed by atoms with Crippen molar-refractivity contribution in [3.8, 4) is 0 Å². The first-order valence-corrected chi connectivity index (χ1v) is 11.4. The number of para-hydroxylation sites is 1. The van der Waals surface area contributed by atoms with Crippen LogP contribution in [0.4, 0.5) is 0 Å². The number of H-pyrrole nitrogens is 1. The number of aliphatic carboxylic acids is 1. The number of amides is 3. The second-order valence-corrected chi connectivity index (χ2v) is 8.33. The van der Waals surface area contributed by atoms with Crippen molar-refractivity contribution in [3.05, 3.63) is 36.0 Å². The molecule has 0 aliphatic heterocycles. The number of hydrogen-bond acceptors (Lipinski definition) is 7. The molecule has 0 saturated carbocycles. The molecule has 10 N–H and O–H groups in total. The van der Waals surface area contributed by atoms with Crippen LogP contribution in [0, 0.1) is 0 Å². The highest BCUT2D eigenvalue weighted by Gasteiger charge is 2.29. The van der Waals surface area contributed by atoms with Crippen molar-refractivity contribution < 1.29 is 29.4 Å². The average Bonchev–Trinajstić information content (AvgIpc) is 3.24. The van der Waals surface area contributed by atoms with Crippen LogP contribution >= 0.6 is 0 Å². The Balaban J connectivity index is 2.25. The van der Waals surface area contributed by atoms with Crippen LogP contribution in [0.2, 0.25) is 0 Å². The Labute approximate surface area is 202 Å². The summed E-state index contributed by atoms with van der Waals surface area (Å²) in [7, 11) is 0. The molecule has 1 aromatic carbocycles. The van der Waals surface area contributed by atoms with Gasteiger partial charge in [0.1, 0.15) is 24.2 Å². The third kappa shape index (κ3) is 8.05. The van der Waals surface area contributed by atoms with Crippen molar-refractivity contribution in [2.75, 3.05) is 13.2 Å². The number of fused-ring (bicyclic) bond motifs is 1. The number of carbonyl (C=O) groups excluding carboxylic acids is 3. The van der Waals surface area contributed by atoms with Gasteiger partial charge >= 0.3 is 5.97 Å². The van der Waals surface area contributed by atoms with Gasteiger partial charge in [-0.2, -0.15) is 0 Å². The third-order valence-electron chi connectivity index (χ3n) is 5.57. The molecule has 0 saturated heterocycles. The predicted octanol–water partition coefficient (Wildman–Crippen LogP) is -1.28. The zero-order valence-electron chi connectivity index (χ0n) is 19.6. The molecule has 0 radical (unpaired) electrons. The van der Waals surface area contributed by atoms with Crippen molar-refractivity contribution in [2.45, 2.75) is 56.8 Å². The molecule has 2 rings (SSSR count). The maximum absolute atomic E-state index is 13.3. The number of hydrogen-bond donors (Lipinski definition) is 8. The second-order valence-electron chi connectivity index (χ2n) is 8.33. The molecule has 12 nitrogen and oxygen atoms in total. The van der Waals surface area contributed by atoms with E-state index in [0.717, 1.165) is 16.5 Å². The number of rotatable bonds is 14. The van der Waals surface area contributed by atoms with Gasteiger partial charge in [-0.3, -0.25) is 19.2 Å². The molecule has 4 unspecified atom stereocenters. The number of nitrogens with two attached hydrogens (primary N) is 2. The lowest BCUT2D eigenvalue weighted by Gasteiger charge is -2.24. The predicted molar refractivity (Wildman–Crippen MR) is 129 cm³/mol. The summed E-state index contributed by atoms with van der Waals surface area (Å²) in [6.07, 6.45) is 3.16. The lowest BCUT2D eigenvalue weighted by molar-refractivity contribution is -0.141. The van der Waals surface area contributed by atoms with Crippen LogP contribution in [0.5, 0.6) is 0 Å². The van der Waals surface area contributed by atoms with Crippen molar-refractivity contribution in [2.24, 2.45) is 11.5 Å². The standard InChI is InChI=1S/C23H34N6O6/c1-13(23(34)35)27-21(32)18(8-4-5-9-24)28-22(33)19(29-20(31)16(25)12-30)10-14-11-26-17-7-3-2-6-15(14)17/h2-3,6-7,11,13,16,18-19,26,30H,4-5,8-10,12,24-25H2,1H3,(H,27,32)(H,28,33)(H,29,31)(H,34,35). The summed E-state index contributed by atoms with van der Waals surface area (Å²) >= 11 is 0. The second kappa shape index (κ2) is 13.4. The van der Waals surface area contributed by atoms with Crippen LogP contribution in [0.3, 0.4) is 0 Å². The van der Waals surface area contributed by atoms with Crippen LogP contribution in [-0.4, -0.2) is 76.2 Å². The summed E-state index contributed by atoms with van der Waals surface area (Å²) in [6.45, 7) is 1.10. The molecule has 1 aromatic heterocycles. The van der Waals surface area contributed by atoms with Gasteiger partial charge < -0.3 is 42.6 Å². The van der Waals surface area contributed by atoms with Gasteiger partial charge in [0, 0.05) is 23.5 Å². The monoisotopic (exact) mass is 490 g/mol. The highest BCUT2D eigenvalue weighted by molar-refractivity contribution is 5.94. The summed E-state index contributed by atoms with van der Waals surface area (Å²) in [6, 6.07) is 2.91. The Bertz CT molecular complexity index is 1020.